The molecule has 1 aliphatic heterocycles. The minimum absolute atomic E-state index is 0.0158. The third kappa shape index (κ3) is 4.61. The molecular formula is C22H29N3O3S. The lowest BCUT2D eigenvalue weighted by Gasteiger charge is -2.22. The average molecular weight is 416 g/mol. The number of para-hydroxylation sites is 1. The Labute approximate surface area is 176 Å². The Morgan fingerprint density at radius 2 is 1.66 bits per heavy atom. The molecule has 6 nitrogen and oxygen atoms in total. The van der Waals surface area contributed by atoms with Crippen LogP contribution in [-0.2, 0) is 5.41 Å². The molecule has 0 radical (unpaired) electrons. The van der Waals surface area contributed by atoms with Gasteiger partial charge in [0.1, 0.15) is 10.6 Å². The van der Waals surface area contributed by atoms with E-state index < -0.39 is 0 Å². The summed E-state index contributed by atoms with van der Waals surface area (Å²) >= 11 is 1.48. The van der Waals surface area contributed by atoms with Crippen LogP contribution in [0.15, 0.2) is 24.3 Å². The van der Waals surface area contributed by atoms with Crippen molar-refractivity contribution in [2.24, 2.45) is 0 Å². The predicted octanol–water partition coefficient (Wildman–Crippen LogP) is 3.75. The summed E-state index contributed by atoms with van der Waals surface area (Å²) in [6.07, 6.45) is 0.747. The first-order valence-electron chi connectivity index (χ1n) is 9.92. The van der Waals surface area contributed by atoms with E-state index >= 15 is 0 Å². The summed E-state index contributed by atoms with van der Waals surface area (Å²) in [4.78, 5) is 35.1. The van der Waals surface area contributed by atoms with Crippen molar-refractivity contribution in [3.8, 4) is 5.75 Å². The quantitative estimate of drug-likeness (QED) is 0.766. The molecule has 156 valence electrons. The van der Waals surface area contributed by atoms with Crippen LogP contribution in [0.4, 0.5) is 0 Å². The molecule has 1 aromatic heterocycles. The number of aryl methyl sites for hydroxylation is 1. The molecular weight excluding hydrogens is 386 g/mol. The summed E-state index contributed by atoms with van der Waals surface area (Å²) in [6, 6.07) is 7.26. The molecule has 1 saturated heterocycles. The third-order valence-electron chi connectivity index (χ3n) is 5.04. The smallest absolute Gasteiger partial charge is 0.265 e. The molecule has 2 amide bonds. The Bertz CT molecular complexity index is 901. The number of hydrogen-bond acceptors (Lipinski definition) is 5. The Balaban J connectivity index is 1.72. The van der Waals surface area contributed by atoms with Gasteiger partial charge in [0.15, 0.2) is 0 Å². The van der Waals surface area contributed by atoms with Crippen molar-refractivity contribution in [1.82, 2.24) is 14.8 Å². The van der Waals surface area contributed by atoms with E-state index in [9.17, 15) is 9.59 Å². The highest BCUT2D eigenvalue weighted by atomic mass is 32.1. The maximum Gasteiger partial charge on any atom is 0.265 e. The number of ether oxygens (including phenoxy) is 1. The highest BCUT2D eigenvalue weighted by molar-refractivity contribution is 7.14. The van der Waals surface area contributed by atoms with E-state index in [0.717, 1.165) is 17.1 Å². The van der Waals surface area contributed by atoms with Crippen LogP contribution < -0.4 is 4.74 Å². The first-order valence-corrected chi connectivity index (χ1v) is 10.7. The summed E-state index contributed by atoms with van der Waals surface area (Å²) in [5, 5.41) is 0.973. The highest BCUT2D eigenvalue weighted by Crippen LogP contribution is 2.30. The zero-order valence-electron chi connectivity index (χ0n) is 17.8. The van der Waals surface area contributed by atoms with Crippen LogP contribution in [0, 0.1) is 6.92 Å². The second-order valence-electron chi connectivity index (χ2n) is 8.32. The number of benzene rings is 1. The van der Waals surface area contributed by atoms with Crippen LogP contribution in [0.25, 0.3) is 0 Å². The number of thiazole rings is 1. The fourth-order valence-corrected chi connectivity index (χ4v) is 4.47. The standard InChI is InChI=1S/C22H29N3O3S/c1-15-18(29-21(23-15)22(2,3)4)20(27)25-12-8-11-24(13-14-25)19(26)16-9-6-7-10-17(16)28-5/h6-7,9-10H,8,11-14H2,1-5H3. The molecule has 3 rings (SSSR count). The maximum absolute atomic E-state index is 13.1. The van der Waals surface area contributed by atoms with E-state index in [2.05, 4.69) is 25.8 Å². The largest absolute Gasteiger partial charge is 0.496 e. The number of methoxy groups -OCH3 is 1. The van der Waals surface area contributed by atoms with E-state index in [0.29, 0.717) is 42.4 Å². The van der Waals surface area contributed by atoms with Crippen molar-refractivity contribution >= 4 is 23.2 Å². The Hall–Kier alpha value is -2.41. The van der Waals surface area contributed by atoms with Gasteiger partial charge in [-0.1, -0.05) is 32.9 Å². The van der Waals surface area contributed by atoms with Crippen molar-refractivity contribution in [2.75, 3.05) is 33.3 Å². The van der Waals surface area contributed by atoms with Crippen LogP contribution in [-0.4, -0.2) is 59.9 Å². The lowest BCUT2D eigenvalue weighted by molar-refractivity contribution is 0.0718. The molecule has 2 heterocycles. The molecule has 2 aromatic rings. The van der Waals surface area contributed by atoms with Gasteiger partial charge in [-0.25, -0.2) is 4.98 Å². The van der Waals surface area contributed by atoms with Crippen molar-refractivity contribution in [3.63, 3.8) is 0 Å². The Kier molecular flexibility index (Phi) is 6.27. The molecule has 0 atom stereocenters. The maximum atomic E-state index is 13.1. The monoisotopic (exact) mass is 415 g/mol. The van der Waals surface area contributed by atoms with E-state index in [1.165, 1.54) is 11.3 Å². The SMILES string of the molecule is COc1ccccc1C(=O)N1CCCN(C(=O)c2sc(C(C)(C)C)nc2C)CC1. The van der Waals surface area contributed by atoms with Crippen LogP contribution in [0.1, 0.15) is 57.9 Å². The van der Waals surface area contributed by atoms with E-state index in [1.807, 2.05) is 28.9 Å². The molecule has 0 unspecified atom stereocenters. The summed E-state index contributed by atoms with van der Waals surface area (Å²) < 4.78 is 5.33. The van der Waals surface area contributed by atoms with Gasteiger partial charge in [-0.2, -0.15) is 0 Å². The molecule has 1 aliphatic rings. The Morgan fingerprint density at radius 1 is 1.03 bits per heavy atom. The van der Waals surface area contributed by atoms with E-state index in [4.69, 9.17) is 4.74 Å². The first kappa shape index (κ1) is 21.3. The topological polar surface area (TPSA) is 62.7 Å². The molecule has 7 heteroatoms. The van der Waals surface area contributed by atoms with Gasteiger partial charge in [-0.05, 0) is 25.5 Å². The van der Waals surface area contributed by atoms with Gasteiger partial charge in [0.25, 0.3) is 11.8 Å². The van der Waals surface area contributed by atoms with Crippen LogP contribution in [0.5, 0.6) is 5.75 Å². The second kappa shape index (κ2) is 8.53. The lowest BCUT2D eigenvalue weighted by Crippen LogP contribution is -2.37. The minimum Gasteiger partial charge on any atom is -0.496 e. The van der Waals surface area contributed by atoms with Crippen molar-refractivity contribution in [1.29, 1.82) is 0 Å². The van der Waals surface area contributed by atoms with E-state index in [1.54, 1.807) is 19.2 Å². The summed E-state index contributed by atoms with van der Waals surface area (Å²) in [6.45, 7) is 10.5. The van der Waals surface area contributed by atoms with Crippen LogP contribution in [0.2, 0.25) is 0 Å². The van der Waals surface area contributed by atoms with Gasteiger partial charge < -0.3 is 14.5 Å². The zero-order chi connectivity index (χ0) is 21.2. The number of nitrogens with zero attached hydrogens (tertiary/aromatic N) is 3. The van der Waals surface area contributed by atoms with Gasteiger partial charge in [0.05, 0.1) is 23.4 Å². The highest BCUT2D eigenvalue weighted by Gasteiger charge is 2.28. The fraction of sp³-hybridized carbons (Fsp3) is 0.500. The number of carbonyl (C=O) groups excluding carboxylic acids is 2. The summed E-state index contributed by atoms with van der Waals surface area (Å²) in [5.41, 5.74) is 1.27. The van der Waals surface area contributed by atoms with Gasteiger partial charge in [-0.3, -0.25) is 9.59 Å². The van der Waals surface area contributed by atoms with Crippen molar-refractivity contribution in [3.05, 3.63) is 45.4 Å². The number of hydrogen-bond donors (Lipinski definition) is 0. The minimum atomic E-state index is -0.0787. The summed E-state index contributed by atoms with van der Waals surface area (Å²) in [5.74, 6) is 0.535. The zero-order valence-corrected chi connectivity index (χ0v) is 18.6. The van der Waals surface area contributed by atoms with Crippen LogP contribution in [0.3, 0.4) is 0 Å². The average Bonchev–Trinajstić information content (AvgIpc) is 2.93. The number of aromatic nitrogens is 1. The van der Waals surface area contributed by atoms with Gasteiger partial charge >= 0.3 is 0 Å². The number of rotatable bonds is 3. The molecule has 1 fully saturated rings. The molecule has 0 aliphatic carbocycles. The van der Waals surface area contributed by atoms with Gasteiger partial charge in [0, 0.05) is 31.6 Å². The normalized spacial score (nSPS) is 15.2. The third-order valence-corrected chi connectivity index (χ3v) is 6.61. The molecule has 1 aromatic carbocycles. The fourth-order valence-electron chi connectivity index (χ4n) is 3.37. The second-order valence-corrected chi connectivity index (χ2v) is 9.32. The molecule has 0 saturated carbocycles. The number of carbonyl (C=O) groups is 2. The van der Waals surface area contributed by atoms with E-state index in [-0.39, 0.29) is 17.2 Å². The van der Waals surface area contributed by atoms with Crippen LogP contribution >= 0.6 is 11.3 Å². The molecule has 29 heavy (non-hydrogen) atoms. The summed E-state index contributed by atoms with van der Waals surface area (Å²) in [7, 11) is 1.57. The Morgan fingerprint density at radius 3 is 2.24 bits per heavy atom. The van der Waals surface area contributed by atoms with Gasteiger partial charge in [-0.15, -0.1) is 11.3 Å². The first-order chi connectivity index (χ1) is 13.7. The van der Waals surface area contributed by atoms with Crippen molar-refractivity contribution in [2.45, 2.75) is 39.5 Å². The molecule has 0 N–H and O–H groups in total. The predicted molar refractivity (Wildman–Crippen MR) is 115 cm³/mol. The lowest BCUT2D eigenvalue weighted by atomic mass is 9.98. The number of amides is 2. The molecule has 0 bridgehead atoms. The van der Waals surface area contributed by atoms with Gasteiger partial charge in [0.2, 0.25) is 0 Å². The molecule has 0 spiro atoms. The van der Waals surface area contributed by atoms with Crippen molar-refractivity contribution < 1.29 is 14.3 Å².